The van der Waals surface area contributed by atoms with E-state index in [-0.39, 0.29) is 19.1 Å². The highest BCUT2D eigenvalue weighted by Crippen LogP contribution is 2.28. The van der Waals surface area contributed by atoms with E-state index in [0.29, 0.717) is 61.5 Å². The van der Waals surface area contributed by atoms with Crippen LogP contribution in [0.25, 0.3) is 0 Å². The van der Waals surface area contributed by atoms with Crippen LogP contribution >= 0.6 is 0 Å². The summed E-state index contributed by atoms with van der Waals surface area (Å²) in [6.07, 6.45) is 1.48. The number of hydrazone groups is 1. The minimum atomic E-state index is -0.404. The monoisotopic (exact) mass is 471 g/mol. The van der Waals surface area contributed by atoms with Gasteiger partial charge in [0, 0.05) is 13.1 Å². The maximum Gasteiger partial charge on any atom is 0.277 e. The van der Waals surface area contributed by atoms with Gasteiger partial charge in [0.2, 0.25) is 0 Å². The Morgan fingerprint density at radius 3 is 2.44 bits per heavy atom. The quantitative estimate of drug-likeness (QED) is 0.394. The number of hydrogen-bond acceptors (Lipinski definition) is 8. The lowest BCUT2D eigenvalue weighted by Gasteiger charge is -2.26. The largest absolute Gasteiger partial charge is 0.497 e. The molecule has 10 heteroatoms. The molecule has 2 amide bonds. The number of carbonyl (C=O) groups is 2. The van der Waals surface area contributed by atoms with Crippen molar-refractivity contribution in [2.45, 2.75) is 6.92 Å². The molecule has 1 fully saturated rings. The molecule has 0 saturated carbocycles. The van der Waals surface area contributed by atoms with E-state index >= 15 is 0 Å². The van der Waals surface area contributed by atoms with Gasteiger partial charge in [-0.3, -0.25) is 9.59 Å². The van der Waals surface area contributed by atoms with Crippen LogP contribution in [0, 0.1) is 0 Å². The Bertz CT molecular complexity index is 973. The van der Waals surface area contributed by atoms with Crippen LogP contribution in [0.1, 0.15) is 12.5 Å². The van der Waals surface area contributed by atoms with Crippen molar-refractivity contribution in [2.24, 2.45) is 5.10 Å². The fourth-order valence-corrected chi connectivity index (χ4v) is 3.07. The first-order valence-corrected chi connectivity index (χ1v) is 10.9. The van der Waals surface area contributed by atoms with Gasteiger partial charge in [-0.15, -0.1) is 0 Å². The van der Waals surface area contributed by atoms with Crippen LogP contribution in [0.2, 0.25) is 0 Å². The number of nitrogens with zero attached hydrogens (tertiary/aromatic N) is 2. The zero-order valence-electron chi connectivity index (χ0n) is 19.3. The van der Waals surface area contributed by atoms with Crippen LogP contribution in [0.15, 0.2) is 47.6 Å². The third-order valence-electron chi connectivity index (χ3n) is 4.81. The van der Waals surface area contributed by atoms with Gasteiger partial charge in [-0.2, -0.15) is 5.10 Å². The van der Waals surface area contributed by atoms with Crippen molar-refractivity contribution < 1.29 is 33.3 Å². The van der Waals surface area contributed by atoms with E-state index in [1.165, 1.54) is 6.21 Å². The molecule has 0 radical (unpaired) electrons. The minimum Gasteiger partial charge on any atom is -0.497 e. The molecule has 1 aliphatic heterocycles. The lowest BCUT2D eigenvalue weighted by atomic mass is 10.2. The summed E-state index contributed by atoms with van der Waals surface area (Å²) in [5.74, 6) is 1.68. The summed E-state index contributed by atoms with van der Waals surface area (Å²) in [4.78, 5) is 26.0. The second-order valence-electron chi connectivity index (χ2n) is 7.18. The van der Waals surface area contributed by atoms with E-state index in [1.807, 2.05) is 6.92 Å². The number of nitrogens with one attached hydrogen (secondary N) is 1. The number of rotatable bonds is 11. The number of carbonyl (C=O) groups excluding carboxylic acids is 2. The fourth-order valence-electron chi connectivity index (χ4n) is 3.07. The molecule has 0 aliphatic carbocycles. The highest BCUT2D eigenvalue weighted by molar-refractivity contribution is 5.84. The Kier molecular flexibility index (Phi) is 9.53. The standard InChI is InChI=1S/C24H29N3O7/c1-3-32-22-14-18(4-9-21(22)34-17-24(29)27-10-12-31-13-11-27)15-25-26-23(28)16-33-20-7-5-19(30-2)6-8-20/h4-9,14-15H,3,10-13,16-17H2,1-2H3,(H,26,28)/b25-15+. The first-order valence-electron chi connectivity index (χ1n) is 10.9. The SMILES string of the molecule is CCOc1cc(/C=N/NC(=O)COc2ccc(OC)cc2)ccc1OCC(=O)N1CCOCC1. The van der Waals surface area contributed by atoms with Gasteiger partial charge in [-0.1, -0.05) is 0 Å². The molecule has 10 nitrogen and oxygen atoms in total. The molecule has 1 N–H and O–H groups in total. The predicted molar refractivity (Wildman–Crippen MR) is 125 cm³/mol. The number of methoxy groups -OCH3 is 1. The smallest absolute Gasteiger partial charge is 0.277 e. The van der Waals surface area contributed by atoms with Crippen LogP contribution in [0.5, 0.6) is 23.0 Å². The first kappa shape index (κ1) is 24.8. The number of ether oxygens (including phenoxy) is 5. The Balaban J connectivity index is 1.49. The molecule has 182 valence electrons. The zero-order chi connectivity index (χ0) is 24.2. The first-order chi connectivity index (χ1) is 16.6. The van der Waals surface area contributed by atoms with Gasteiger partial charge in [-0.25, -0.2) is 5.43 Å². The van der Waals surface area contributed by atoms with Gasteiger partial charge in [0.15, 0.2) is 24.7 Å². The van der Waals surface area contributed by atoms with Crippen molar-refractivity contribution in [3.05, 3.63) is 48.0 Å². The van der Waals surface area contributed by atoms with E-state index in [0.717, 1.165) is 0 Å². The Morgan fingerprint density at radius 1 is 1.00 bits per heavy atom. The van der Waals surface area contributed by atoms with Gasteiger partial charge in [-0.05, 0) is 55.0 Å². The summed E-state index contributed by atoms with van der Waals surface area (Å²) in [7, 11) is 1.58. The molecule has 1 heterocycles. The lowest BCUT2D eigenvalue weighted by Crippen LogP contribution is -2.43. The highest BCUT2D eigenvalue weighted by atomic mass is 16.5. The van der Waals surface area contributed by atoms with E-state index in [2.05, 4.69) is 10.5 Å². The average molecular weight is 472 g/mol. The third-order valence-corrected chi connectivity index (χ3v) is 4.81. The molecule has 2 aromatic carbocycles. The van der Waals surface area contributed by atoms with Crippen molar-refractivity contribution in [1.29, 1.82) is 0 Å². The maximum absolute atomic E-state index is 12.3. The van der Waals surface area contributed by atoms with Crippen molar-refractivity contribution in [2.75, 3.05) is 53.2 Å². The number of morpholine rings is 1. The van der Waals surface area contributed by atoms with Gasteiger partial charge in [0.25, 0.3) is 11.8 Å². The van der Waals surface area contributed by atoms with E-state index in [4.69, 9.17) is 23.7 Å². The van der Waals surface area contributed by atoms with Crippen LogP contribution in [-0.4, -0.2) is 76.2 Å². The number of amides is 2. The summed E-state index contributed by atoms with van der Waals surface area (Å²) in [5, 5.41) is 3.95. The Hall–Kier alpha value is -3.79. The minimum absolute atomic E-state index is 0.0856. The molecule has 0 unspecified atom stereocenters. The van der Waals surface area contributed by atoms with Gasteiger partial charge >= 0.3 is 0 Å². The fraction of sp³-hybridized carbons (Fsp3) is 0.375. The number of benzene rings is 2. The maximum atomic E-state index is 12.3. The molecule has 1 saturated heterocycles. The molecule has 0 spiro atoms. The summed E-state index contributed by atoms with van der Waals surface area (Å²) in [6, 6.07) is 12.1. The molecule has 1 aliphatic rings. The second kappa shape index (κ2) is 13.0. The molecule has 0 aromatic heterocycles. The topological polar surface area (TPSA) is 108 Å². The van der Waals surface area contributed by atoms with Crippen LogP contribution in [0.3, 0.4) is 0 Å². The highest BCUT2D eigenvalue weighted by Gasteiger charge is 2.18. The summed E-state index contributed by atoms with van der Waals surface area (Å²) in [5.41, 5.74) is 3.10. The molecule has 0 atom stereocenters. The molecular formula is C24H29N3O7. The van der Waals surface area contributed by atoms with Gasteiger partial charge in [0.05, 0.1) is 33.1 Å². The molecule has 3 rings (SSSR count). The zero-order valence-corrected chi connectivity index (χ0v) is 19.3. The second-order valence-corrected chi connectivity index (χ2v) is 7.18. The summed E-state index contributed by atoms with van der Waals surface area (Å²) >= 11 is 0. The van der Waals surface area contributed by atoms with Gasteiger partial charge in [0.1, 0.15) is 11.5 Å². The lowest BCUT2D eigenvalue weighted by molar-refractivity contribution is -0.137. The van der Waals surface area contributed by atoms with Crippen molar-refractivity contribution >= 4 is 18.0 Å². The average Bonchev–Trinajstić information content (AvgIpc) is 2.88. The summed E-state index contributed by atoms with van der Waals surface area (Å²) in [6.45, 7) is 4.21. The third kappa shape index (κ3) is 7.66. The van der Waals surface area contributed by atoms with Crippen LogP contribution in [-0.2, 0) is 14.3 Å². The van der Waals surface area contributed by atoms with Crippen molar-refractivity contribution in [3.63, 3.8) is 0 Å². The summed E-state index contributed by atoms with van der Waals surface area (Å²) < 4.78 is 27.1. The predicted octanol–water partition coefficient (Wildman–Crippen LogP) is 1.86. The molecule has 34 heavy (non-hydrogen) atoms. The Morgan fingerprint density at radius 2 is 1.74 bits per heavy atom. The van der Waals surface area contributed by atoms with E-state index in [1.54, 1.807) is 54.5 Å². The van der Waals surface area contributed by atoms with E-state index < -0.39 is 5.91 Å². The Labute approximate surface area is 198 Å². The number of hydrogen-bond donors (Lipinski definition) is 1. The molecule has 2 aromatic rings. The molecular weight excluding hydrogens is 442 g/mol. The molecule has 0 bridgehead atoms. The van der Waals surface area contributed by atoms with E-state index in [9.17, 15) is 9.59 Å². The van der Waals surface area contributed by atoms with Crippen molar-refractivity contribution in [3.8, 4) is 23.0 Å². The van der Waals surface area contributed by atoms with Crippen molar-refractivity contribution in [1.82, 2.24) is 10.3 Å². The normalized spacial score (nSPS) is 13.4. The van der Waals surface area contributed by atoms with Gasteiger partial charge < -0.3 is 28.6 Å². The van der Waals surface area contributed by atoms with Crippen LogP contribution < -0.4 is 24.4 Å². The van der Waals surface area contributed by atoms with Crippen LogP contribution in [0.4, 0.5) is 0 Å².